The number of nitrogens with one attached hydrogen (secondary N) is 1. The third kappa shape index (κ3) is 6.29. The number of halogens is 2. The largest absolute Gasteiger partial charge is 0.497 e. The van der Waals surface area contributed by atoms with Gasteiger partial charge in [0.2, 0.25) is 0 Å². The summed E-state index contributed by atoms with van der Waals surface area (Å²) in [5.74, 6) is 0.442. The van der Waals surface area contributed by atoms with Crippen LogP contribution in [0.1, 0.15) is 5.56 Å². The minimum atomic E-state index is -0.525. The Labute approximate surface area is 171 Å². The molecule has 2 aromatic carbocycles. The van der Waals surface area contributed by atoms with Gasteiger partial charge in [-0.25, -0.2) is 0 Å². The number of hydrogen-bond donors (Lipinski definition) is 2. The van der Waals surface area contributed by atoms with Crippen LogP contribution in [0, 0.1) is 0 Å². The van der Waals surface area contributed by atoms with E-state index in [1.165, 1.54) is 5.56 Å². The van der Waals surface area contributed by atoms with Gasteiger partial charge < -0.3 is 20.5 Å². The SMILES string of the molecule is COc1ccc(N)c(NC(=O)C2CN(Cc3ccccc3)CCO2)c1.Cl.Cl. The molecule has 1 saturated heterocycles. The summed E-state index contributed by atoms with van der Waals surface area (Å²) in [4.78, 5) is 14.8. The van der Waals surface area contributed by atoms with Gasteiger partial charge in [0.25, 0.3) is 5.91 Å². The number of carbonyl (C=O) groups is 1. The highest BCUT2D eigenvalue weighted by molar-refractivity contribution is 5.97. The number of nitrogen functional groups attached to an aromatic ring is 1. The summed E-state index contributed by atoms with van der Waals surface area (Å²) < 4.78 is 10.8. The van der Waals surface area contributed by atoms with E-state index in [0.29, 0.717) is 30.3 Å². The van der Waals surface area contributed by atoms with Crippen LogP contribution in [0.2, 0.25) is 0 Å². The lowest BCUT2D eigenvalue weighted by Gasteiger charge is -2.32. The maximum Gasteiger partial charge on any atom is 0.254 e. The zero-order valence-corrected chi connectivity index (χ0v) is 16.7. The molecule has 1 heterocycles. The number of ether oxygens (including phenoxy) is 2. The molecule has 1 aliphatic heterocycles. The van der Waals surface area contributed by atoms with Crippen molar-refractivity contribution in [2.45, 2.75) is 12.6 Å². The maximum atomic E-state index is 12.6. The molecule has 3 N–H and O–H groups in total. The first kappa shape index (κ1) is 23.0. The fraction of sp³-hybridized carbons (Fsp3) is 0.316. The van der Waals surface area contributed by atoms with Crippen LogP contribution in [-0.2, 0) is 16.1 Å². The van der Waals surface area contributed by atoms with Crippen molar-refractivity contribution in [3.05, 3.63) is 54.1 Å². The van der Waals surface area contributed by atoms with E-state index < -0.39 is 6.10 Å². The van der Waals surface area contributed by atoms with E-state index in [0.717, 1.165) is 13.1 Å². The molecular weight excluding hydrogens is 389 g/mol. The molecule has 2 aromatic rings. The Kier molecular flexibility index (Phi) is 9.38. The van der Waals surface area contributed by atoms with Crippen LogP contribution in [0.3, 0.4) is 0 Å². The molecule has 0 aromatic heterocycles. The van der Waals surface area contributed by atoms with Gasteiger partial charge in [0.1, 0.15) is 11.9 Å². The lowest BCUT2D eigenvalue weighted by atomic mass is 10.1. The van der Waals surface area contributed by atoms with Crippen LogP contribution in [-0.4, -0.2) is 43.7 Å². The predicted octanol–water partition coefficient (Wildman–Crippen LogP) is 2.96. The highest BCUT2D eigenvalue weighted by Gasteiger charge is 2.27. The van der Waals surface area contributed by atoms with Crippen molar-refractivity contribution in [3.63, 3.8) is 0 Å². The van der Waals surface area contributed by atoms with Gasteiger partial charge in [-0.3, -0.25) is 9.69 Å². The summed E-state index contributed by atoms with van der Waals surface area (Å²) in [6, 6.07) is 15.4. The van der Waals surface area contributed by atoms with E-state index in [4.69, 9.17) is 15.2 Å². The van der Waals surface area contributed by atoms with Gasteiger partial charge in [-0.15, -0.1) is 24.8 Å². The maximum absolute atomic E-state index is 12.6. The number of benzene rings is 2. The summed E-state index contributed by atoms with van der Waals surface area (Å²) in [7, 11) is 1.57. The van der Waals surface area contributed by atoms with Crippen LogP contribution < -0.4 is 15.8 Å². The third-order valence-corrected chi connectivity index (χ3v) is 4.21. The molecule has 148 valence electrons. The summed E-state index contributed by atoms with van der Waals surface area (Å²) in [6.07, 6.45) is -0.525. The van der Waals surface area contributed by atoms with E-state index in [9.17, 15) is 4.79 Å². The number of hydrogen-bond acceptors (Lipinski definition) is 5. The average Bonchev–Trinajstić information content (AvgIpc) is 2.64. The quantitative estimate of drug-likeness (QED) is 0.736. The third-order valence-electron chi connectivity index (χ3n) is 4.21. The van der Waals surface area contributed by atoms with Gasteiger partial charge in [0, 0.05) is 25.7 Å². The van der Waals surface area contributed by atoms with Crippen LogP contribution >= 0.6 is 24.8 Å². The Morgan fingerprint density at radius 2 is 2.00 bits per heavy atom. The molecule has 1 aliphatic rings. The Balaban J connectivity index is 0.00000182. The average molecular weight is 414 g/mol. The zero-order chi connectivity index (χ0) is 17.6. The van der Waals surface area contributed by atoms with Crippen LogP contribution in [0.15, 0.2) is 48.5 Å². The first-order valence-corrected chi connectivity index (χ1v) is 8.28. The number of methoxy groups -OCH3 is 1. The minimum absolute atomic E-state index is 0. The normalized spacial score (nSPS) is 16.6. The van der Waals surface area contributed by atoms with E-state index in [1.54, 1.807) is 25.3 Å². The molecule has 0 bridgehead atoms. The molecule has 1 atom stereocenters. The second-order valence-electron chi connectivity index (χ2n) is 6.02. The molecule has 0 spiro atoms. The van der Waals surface area contributed by atoms with Crippen molar-refractivity contribution in [2.75, 3.05) is 37.9 Å². The van der Waals surface area contributed by atoms with E-state index in [1.807, 2.05) is 18.2 Å². The number of morpholine rings is 1. The van der Waals surface area contributed by atoms with Gasteiger partial charge >= 0.3 is 0 Å². The molecule has 3 rings (SSSR count). The van der Waals surface area contributed by atoms with Gasteiger partial charge in [0.15, 0.2) is 0 Å². The molecule has 1 fully saturated rings. The second-order valence-corrected chi connectivity index (χ2v) is 6.02. The molecule has 1 amide bonds. The summed E-state index contributed by atoms with van der Waals surface area (Å²) in [6.45, 7) is 2.68. The number of amides is 1. The zero-order valence-electron chi connectivity index (χ0n) is 15.1. The number of nitrogens with zero attached hydrogens (tertiary/aromatic N) is 1. The highest BCUT2D eigenvalue weighted by Crippen LogP contribution is 2.25. The Hall–Kier alpha value is -1.99. The molecule has 0 radical (unpaired) electrons. The van der Waals surface area contributed by atoms with Crippen molar-refractivity contribution in [2.24, 2.45) is 0 Å². The van der Waals surface area contributed by atoms with Gasteiger partial charge in [-0.2, -0.15) is 0 Å². The Morgan fingerprint density at radius 3 is 2.70 bits per heavy atom. The minimum Gasteiger partial charge on any atom is -0.497 e. The molecule has 1 unspecified atom stereocenters. The number of carbonyl (C=O) groups excluding carboxylic acids is 1. The first-order valence-electron chi connectivity index (χ1n) is 8.28. The van der Waals surface area contributed by atoms with E-state index >= 15 is 0 Å². The van der Waals surface area contributed by atoms with Crippen molar-refractivity contribution < 1.29 is 14.3 Å². The monoisotopic (exact) mass is 413 g/mol. The fourth-order valence-electron chi connectivity index (χ4n) is 2.83. The standard InChI is InChI=1S/C19H23N3O3.2ClH/c1-24-15-7-8-16(20)17(11-15)21-19(23)18-13-22(9-10-25-18)12-14-5-3-2-4-6-14;;/h2-8,11,18H,9-10,12-13,20H2,1H3,(H,21,23);2*1H. The summed E-state index contributed by atoms with van der Waals surface area (Å²) >= 11 is 0. The van der Waals surface area contributed by atoms with Crippen molar-refractivity contribution >= 4 is 42.1 Å². The predicted molar refractivity (Wildman–Crippen MR) is 112 cm³/mol. The van der Waals surface area contributed by atoms with Crippen LogP contribution in [0.5, 0.6) is 5.75 Å². The van der Waals surface area contributed by atoms with Crippen molar-refractivity contribution in [1.29, 1.82) is 0 Å². The number of rotatable bonds is 5. The van der Waals surface area contributed by atoms with Crippen LogP contribution in [0.4, 0.5) is 11.4 Å². The Bertz CT molecular complexity index is 731. The molecule has 0 aliphatic carbocycles. The lowest BCUT2D eigenvalue weighted by Crippen LogP contribution is -2.47. The van der Waals surface area contributed by atoms with Crippen molar-refractivity contribution in [1.82, 2.24) is 4.90 Å². The van der Waals surface area contributed by atoms with Gasteiger partial charge in [-0.1, -0.05) is 30.3 Å². The number of anilines is 2. The first-order chi connectivity index (χ1) is 12.2. The molecule has 8 heteroatoms. The lowest BCUT2D eigenvalue weighted by molar-refractivity contribution is -0.133. The summed E-state index contributed by atoms with van der Waals surface area (Å²) in [5.41, 5.74) is 8.18. The van der Waals surface area contributed by atoms with E-state index in [-0.39, 0.29) is 30.7 Å². The van der Waals surface area contributed by atoms with Crippen molar-refractivity contribution in [3.8, 4) is 5.75 Å². The van der Waals surface area contributed by atoms with Crippen LogP contribution in [0.25, 0.3) is 0 Å². The molecular formula is C19H25Cl2N3O3. The topological polar surface area (TPSA) is 76.8 Å². The smallest absolute Gasteiger partial charge is 0.254 e. The molecule has 27 heavy (non-hydrogen) atoms. The molecule has 6 nitrogen and oxygen atoms in total. The highest BCUT2D eigenvalue weighted by atomic mass is 35.5. The fourth-order valence-corrected chi connectivity index (χ4v) is 2.83. The second kappa shape index (κ2) is 11.0. The van der Waals surface area contributed by atoms with Gasteiger partial charge in [-0.05, 0) is 17.7 Å². The van der Waals surface area contributed by atoms with Gasteiger partial charge in [0.05, 0.1) is 25.1 Å². The number of nitrogens with two attached hydrogens (primary N) is 1. The summed E-state index contributed by atoms with van der Waals surface area (Å²) in [5, 5.41) is 2.84. The Morgan fingerprint density at radius 1 is 1.26 bits per heavy atom. The van der Waals surface area contributed by atoms with E-state index in [2.05, 4.69) is 22.3 Å². The molecule has 0 saturated carbocycles.